The maximum absolute atomic E-state index is 11.8. The first-order valence-electron chi connectivity index (χ1n) is 5.82. The second-order valence-electron chi connectivity index (χ2n) is 4.59. The van der Waals surface area contributed by atoms with Crippen LogP contribution in [0.5, 0.6) is 0 Å². The molecular weight excluding hydrogens is 235 g/mol. The molecule has 0 heterocycles. The van der Waals surface area contributed by atoms with Crippen LogP contribution in [0, 0.1) is 5.41 Å². The minimum Gasteiger partial charge on any atom is -0.383 e. The molecule has 0 spiro atoms. The van der Waals surface area contributed by atoms with E-state index < -0.39 is 12.8 Å². The molecule has 0 radical (unpaired) electrons. The largest absolute Gasteiger partial charge is 0.411 e. The number of ether oxygens (including phenoxy) is 2. The van der Waals surface area contributed by atoms with Gasteiger partial charge in [0.1, 0.15) is 6.61 Å². The minimum absolute atomic E-state index is 0.166. The Bertz CT molecular complexity index is 217. The lowest BCUT2D eigenvalue weighted by atomic mass is 10.0. The quantitative estimate of drug-likeness (QED) is 0.639. The van der Waals surface area contributed by atoms with Crippen LogP contribution in [0.2, 0.25) is 0 Å². The van der Waals surface area contributed by atoms with E-state index in [1.54, 1.807) is 7.11 Å². The molecule has 0 aromatic carbocycles. The Labute approximate surface area is 99.7 Å². The van der Waals surface area contributed by atoms with Gasteiger partial charge in [-0.15, -0.1) is 0 Å². The van der Waals surface area contributed by atoms with E-state index in [9.17, 15) is 13.2 Å². The van der Waals surface area contributed by atoms with Gasteiger partial charge in [-0.1, -0.05) is 0 Å². The summed E-state index contributed by atoms with van der Waals surface area (Å²) in [4.78, 5) is 0. The molecule has 0 aromatic heterocycles. The van der Waals surface area contributed by atoms with Crippen molar-refractivity contribution in [3.63, 3.8) is 0 Å². The molecule has 0 saturated heterocycles. The van der Waals surface area contributed by atoms with E-state index in [1.165, 1.54) is 0 Å². The van der Waals surface area contributed by atoms with Crippen LogP contribution >= 0.6 is 0 Å². The van der Waals surface area contributed by atoms with E-state index in [0.717, 1.165) is 25.9 Å². The van der Waals surface area contributed by atoms with Gasteiger partial charge < -0.3 is 14.8 Å². The van der Waals surface area contributed by atoms with Crippen LogP contribution < -0.4 is 5.32 Å². The molecular formula is C11H20F3NO2. The fourth-order valence-electron chi connectivity index (χ4n) is 1.70. The molecule has 1 aliphatic carbocycles. The van der Waals surface area contributed by atoms with E-state index in [0.29, 0.717) is 13.0 Å². The maximum atomic E-state index is 11.8. The first-order valence-corrected chi connectivity index (χ1v) is 5.82. The zero-order valence-electron chi connectivity index (χ0n) is 10.1. The molecule has 1 rings (SSSR count). The number of hydrogen-bond donors (Lipinski definition) is 1. The smallest absolute Gasteiger partial charge is 0.383 e. The molecule has 6 heteroatoms. The van der Waals surface area contributed by atoms with Gasteiger partial charge in [0.15, 0.2) is 0 Å². The predicted octanol–water partition coefficient (Wildman–Crippen LogP) is 1.97. The van der Waals surface area contributed by atoms with Crippen LogP contribution in [0.4, 0.5) is 13.2 Å². The zero-order chi connectivity index (χ0) is 12.8. The molecule has 0 atom stereocenters. The highest BCUT2D eigenvalue weighted by Crippen LogP contribution is 2.48. The molecule has 1 N–H and O–H groups in total. The number of methoxy groups -OCH3 is 1. The van der Waals surface area contributed by atoms with Crippen molar-refractivity contribution >= 4 is 0 Å². The second-order valence-corrected chi connectivity index (χ2v) is 4.59. The third kappa shape index (κ3) is 6.85. The van der Waals surface area contributed by atoms with Gasteiger partial charge >= 0.3 is 6.18 Å². The number of rotatable bonds is 9. The molecule has 1 fully saturated rings. The predicted molar refractivity (Wildman–Crippen MR) is 57.9 cm³/mol. The van der Waals surface area contributed by atoms with Crippen LogP contribution in [0.3, 0.4) is 0 Å². The van der Waals surface area contributed by atoms with Crippen LogP contribution in [-0.2, 0) is 9.47 Å². The fraction of sp³-hybridized carbons (Fsp3) is 1.00. The lowest BCUT2D eigenvalue weighted by molar-refractivity contribution is -0.174. The Hall–Kier alpha value is -0.330. The van der Waals surface area contributed by atoms with E-state index in [1.807, 2.05) is 0 Å². The van der Waals surface area contributed by atoms with E-state index in [-0.39, 0.29) is 12.0 Å². The maximum Gasteiger partial charge on any atom is 0.411 e. The lowest BCUT2D eigenvalue weighted by Gasteiger charge is -2.16. The summed E-state index contributed by atoms with van der Waals surface area (Å²) >= 11 is 0. The first-order chi connectivity index (χ1) is 7.97. The molecule has 0 amide bonds. The van der Waals surface area contributed by atoms with Gasteiger partial charge in [0.2, 0.25) is 0 Å². The van der Waals surface area contributed by atoms with Crippen molar-refractivity contribution in [3.8, 4) is 0 Å². The van der Waals surface area contributed by atoms with Crippen LogP contribution in [0.1, 0.15) is 19.3 Å². The highest BCUT2D eigenvalue weighted by atomic mass is 19.4. The van der Waals surface area contributed by atoms with Crippen molar-refractivity contribution in [1.29, 1.82) is 0 Å². The monoisotopic (exact) mass is 255 g/mol. The Morgan fingerprint density at radius 1 is 1.24 bits per heavy atom. The molecule has 0 unspecified atom stereocenters. The van der Waals surface area contributed by atoms with Crippen molar-refractivity contribution in [2.24, 2.45) is 5.41 Å². The molecule has 17 heavy (non-hydrogen) atoms. The van der Waals surface area contributed by atoms with Crippen molar-refractivity contribution in [1.82, 2.24) is 5.32 Å². The van der Waals surface area contributed by atoms with E-state index in [2.05, 4.69) is 10.1 Å². The lowest BCUT2D eigenvalue weighted by Crippen LogP contribution is -2.28. The summed E-state index contributed by atoms with van der Waals surface area (Å²) in [7, 11) is 1.64. The Morgan fingerprint density at radius 2 is 1.94 bits per heavy atom. The third-order valence-corrected chi connectivity index (χ3v) is 2.98. The topological polar surface area (TPSA) is 30.5 Å². The SMILES string of the molecule is COCCNCC1(CCOCC(F)(F)F)CC1. The van der Waals surface area contributed by atoms with Gasteiger partial charge in [0.25, 0.3) is 0 Å². The molecule has 0 bridgehead atoms. The average molecular weight is 255 g/mol. The molecule has 0 aromatic rings. The fourth-order valence-corrected chi connectivity index (χ4v) is 1.70. The molecule has 0 aliphatic heterocycles. The van der Waals surface area contributed by atoms with Crippen LogP contribution in [0.25, 0.3) is 0 Å². The first kappa shape index (κ1) is 14.7. The summed E-state index contributed by atoms with van der Waals surface area (Å²) in [5.74, 6) is 0. The summed E-state index contributed by atoms with van der Waals surface area (Å²) in [6.45, 7) is 1.32. The van der Waals surface area contributed by atoms with Crippen molar-refractivity contribution in [2.75, 3.05) is 40.0 Å². The molecule has 102 valence electrons. The third-order valence-electron chi connectivity index (χ3n) is 2.98. The Kier molecular flexibility index (Phi) is 5.69. The van der Waals surface area contributed by atoms with Gasteiger partial charge in [-0.2, -0.15) is 13.2 Å². The molecule has 1 saturated carbocycles. The summed E-state index contributed by atoms with van der Waals surface area (Å²) in [5, 5.41) is 3.24. The average Bonchev–Trinajstić information content (AvgIpc) is 2.99. The Morgan fingerprint density at radius 3 is 2.47 bits per heavy atom. The van der Waals surface area contributed by atoms with Gasteiger partial charge in [-0.05, 0) is 24.7 Å². The van der Waals surface area contributed by atoms with Crippen molar-refractivity contribution in [3.05, 3.63) is 0 Å². The number of nitrogens with one attached hydrogen (secondary N) is 1. The molecule has 3 nitrogen and oxygen atoms in total. The minimum atomic E-state index is -4.21. The zero-order valence-corrected chi connectivity index (χ0v) is 10.1. The highest BCUT2D eigenvalue weighted by Gasteiger charge is 2.41. The number of hydrogen-bond acceptors (Lipinski definition) is 3. The second kappa shape index (κ2) is 6.56. The standard InChI is InChI=1S/C11H20F3NO2/c1-16-7-5-15-8-10(2-3-10)4-6-17-9-11(12,13)14/h15H,2-9H2,1H3. The normalized spacial score (nSPS) is 18.4. The van der Waals surface area contributed by atoms with Gasteiger partial charge in [-0.3, -0.25) is 0 Å². The van der Waals surface area contributed by atoms with E-state index in [4.69, 9.17) is 4.74 Å². The van der Waals surface area contributed by atoms with Crippen molar-refractivity contribution in [2.45, 2.75) is 25.4 Å². The summed E-state index contributed by atoms with van der Waals surface area (Å²) in [6.07, 6.45) is -1.37. The van der Waals surface area contributed by atoms with Gasteiger partial charge in [0.05, 0.1) is 6.61 Å². The molecule has 1 aliphatic rings. The van der Waals surface area contributed by atoms with Crippen LogP contribution in [-0.4, -0.2) is 46.2 Å². The van der Waals surface area contributed by atoms with E-state index >= 15 is 0 Å². The van der Waals surface area contributed by atoms with Gasteiger partial charge in [0, 0.05) is 26.8 Å². The van der Waals surface area contributed by atoms with Crippen LogP contribution in [0.15, 0.2) is 0 Å². The van der Waals surface area contributed by atoms with Gasteiger partial charge in [-0.25, -0.2) is 0 Å². The Balaban J connectivity index is 2.02. The number of halogens is 3. The number of alkyl halides is 3. The summed E-state index contributed by atoms with van der Waals surface area (Å²) < 4.78 is 45.0. The highest BCUT2D eigenvalue weighted by molar-refractivity contribution is 4.94. The van der Waals surface area contributed by atoms with Crippen molar-refractivity contribution < 1.29 is 22.6 Å². The summed E-state index contributed by atoms with van der Waals surface area (Å²) in [5.41, 5.74) is 0.166. The summed E-state index contributed by atoms with van der Waals surface area (Å²) in [6, 6.07) is 0.